The maximum Gasteiger partial charge on any atom is 0.159 e. The molecule has 0 spiro atoms. The zero-order valence-electron chi connectivity index (χ0n) is 12.0. The predicted molar refractivity (Wildman–Crippen MR) is 86.0 cm³/mol. The monoisotopic (exact) mass is 290 g/mol. The van der Waals surface area contributed by atoms with Crippen LogP contribution in [0.15, 0.2) is 24.3 Å². The van der Waals surface area contributed by atoms with Crippen LogP contribution >= 0.6 is 11.8 Å². The van der Waals surface area contributed by atoms with Gasteiger partial charge in [-0.15, -0.1) is 0 Å². The van der Waals surface area contributed by atoms with Crippen LogP contribution in [0.25, 0.3) is 0 Å². The molecular formula is C16H22N2OS. The summed E-state index contributed by atoms with van der Waals surface area (Å²) in [6, 6.07) is 8.85. The van der Waals surface area contributed by atoms with E-state index in [9.17, 15) is 4.79 Å². The van der Waals surface area contributed by atoms with Crippen molar-refractivity contribution in [3.63, 3.8) is 0 Å². The van der Waals surface area contributed by atoms with E-state index in [0.717, 1.165) is 24.7 Å². The molecule has 0 saturated carbocycles. The third-order valence-electron chi connectivity index (χ3n) is 4.38. The molecule has 4 heteroatoms. The highest BCUT2D eigenvalue weighted by molar-refractivity contribution is 7.99. The van der Waals surface area contributed by atoms with Crippen molar-refractivity contribution >= 4 is 23.2 Å². The molecule has 0 radical (unpaired) electrons. The summed E-state index contributed by atoms with van der Waals surface area (Å²) in [6.45, 7) is 6.15. The molecule has 0 aromatic heterocycles. The van der Waals surface area contributed by atoms with Gasteiger partial charge in [-0.05, 0) is 43.4 Å². The standard InChI is InChI=1S/C16H22N2OS/c1-13(19)14-2-4-15(5-3-14)17-7-9-18(10-8-17)16-6-11-20-12-16/h2-5,16H,6-12H2,1H3/t16-/m0/s1. The lowest BCUT2D eigenvalue weighted by atomic mass is 10.1. The maximum absolute atomic E-state index is 11.3. The van der Waals surface area contributed by atoms with Crippen LogP contribution in [-0.4, -0.2) is 54.4 Å². The highest BCUT2D eigenvalue weighted by Gasteiger charge is 2.26. The lowest BCUT2D eigenvalue weighted by molar-refractivity contribution is 0.101. The Balaban J connectivity index is 1.58. The van der Waals surface area contributed by atoms with Gasteiger partial charge in [-0.2, -0.15) is 11.8 Å². The van der Waals surface area contributed by atoms with Gasteiger partial charge in [0.05, 0.1) is 0 Å². The number of rotatable bonds is 3. The van der Waals surface area contributed by atoms with Gasteiger partial charge in [-0.1, -0.05) is 0 Å². The first kappa shape index (κ1) is 14.0. The van der Waals surface area contributed by atoms with Crippen LogP contribution in [0, 0.1) is 0 Å². The number of ketones is 1. The number of Topliss-reactive ketones (excluding diaryl/α,β-unsaturated/α-hetero) is 1. The van der Waals surface area contributed by atoms with Crippen LogP contribution in [0.2, 0.25) is 0 Å². The van der Waals surface area contributed by atoms with E-state index in [2.05, 4.69) is 33.7 Å². The Labute approximate surface area is 125 Å². The molecule has 0 bridgehead atoms. The van der Waals surface area contributed by atoms with Gasteiger partial charge in [-0.3, -0.25) is 9.69 Å². The number of piperazine rings is 1. The minimum absolute atomic E-state index is 0.139. The van der Waals surface area contributed by atoms with Crippen molar-refractivity contribution in [3.8, 4) is 0 Å². The van der Waals surface area contributed by atoms with E-state index in [0.29, 0.717) is 0 Å². The molecule has 0 aliphatic carbocycles. The molecule has 0 amide bonds. The Hall–Kier alpha value is -1.00. The predicted octanol–water partition coefficient (Wildman–Crippen LogP) is 2.52. The van der Waals surface area contributed by atoms with E-state index in [1.165, 1.54) is 36.7 Å². The molecule has 108 valence electrons. The van der Waals surface area contributed by atoms with Crippen molar-refractivity contribution < 1.29 is 4.79 Å². The molecular weight excluding hydrogens is 268 g/mol. The third-order valence-corrected chi connectivity index (χ3v) is 5.52. The zero-order valence-corrected chi connectivity index (χ0v) is 12.9. The van der Waals surface area contributed by atoms with Gasteiger partial charge in [0, 0.05) is 49.2 Å². The molecule has 1 atom stereocenters. The summed E-state index contributed by atoms with van der Waals surface area (Å²) in [7, 11) is 0. The second-order valence-electron chi connectivity index (χ2n) is 5.64. The summed E-state index contributed by atoms with van der Waals surface area (Å²) < 4.78 is 0. The number of carbonyl (C=O) groups is 1. The molecule has 20 heavy (non-hydrogen) atoms. The van der Waals surface area contributed by atoms with E-state index >= 15 is 0 Å². The average molecular weight is 290 g/mol. The van der Waals surface area contributed by atoms with E-state index < -0.39 is 0 Å². The molecule has 2 aliphatic rings. The maximum atomic E-state index is 11.3. The normalized spacial score (nSPS) is 24.1. The average Bonchev–Trinajstić information content (AvgIpc) is 3.02. The number of thioether (sulfide) groups is 1. The quantitative estimate of drug-likeness (QED) is 0.798. The van der Waals surface area contributed by atoms with Gasteiger partial charge in [0.25, 0.3) is 0 Å². The number of hydrogen-bond acceptors (Lipinski definition) is 4. The Morgan fingerprint density at radius 1 is 1.15 bits per heavy atom. The molecule has 3 rings (SSSR count). The van der Waals surface area contributed by atoms with Crippen molar-refractivity contribution in [2.45, 2.75) is 19.4 Å². The van der Waals surface area contributed by atoms with E-state index in [4.69, 9.17) is 0 Å². The number of nitrogens with zero attached hydrogens (tertiary/aromatic N) is 2. The fraction of sp³-hybridized carbons (Fsp3) is 0.562. The highest BCUT2D eigenvalue weighted by Crippen LogP contribution is 2.24. The van der Waals surface area contributed by atoms with Crippen molar-refractivity contribution in [1.29, 1.82) is 0 Å². The molecule has 2 heterocycles. The van der Waals surface area contributed by atoms with Crippen LogP contribution in [0.3, 0.4) is 0 Å². The molecule has 0 unspecified atom stereocenters. The summed E-state index contributed by atoms with van der Waals surface area (Å²) in [5, 5.41) is 0. The lowest BCUT2D eigenvalue weighted by Crippen LogP contribution is -2.50. The topological polar surface area (TPSA) is 23.6 Å². The van der Waals surface area contributed by atoms with Crippen molar-refractivity contribution in [2.75, 3.05) is 42.6 Å². The molecule has 3 nitrogen and oxygen atoms in total. The van der Waals surface area contributed by atoms with E-state index in [-0.39, 0.29) is 5.78 Å². The minimum Gasteiger partial charge on any atom is -0.369 e. The van der Waals surface area contributed by atoms with Crippen LogP contribution in [0.4, 0.5) is 5.69 Å². The highest BCUT2D eigenvalue weighted by atomic mass is 32.2. The molecule has 1 aromatic rings. The molecule has 0 N–H and O–H groups in total. The molecule has 2 fully saturated rings. The second kappa shape index (κ2) is 6.19. The van der Waals surface area contributed by atoms with Crippen molar-refractivity contribution in [3.05, 3.63) is 29.8 Å². The number of carbonyl (C=O) groups excluding carboxylic acids is 1. The number of anilines is 1. The van der Waals surface area contributed by atoms with Gasteiger partial charge in [0.1, 0.15) is 0 Å². The van der Waals surface area contributed by atoms with Crippen molar-refractivity contribution in [2.24, 2.45) is 0 Å². The van der Waals surface area contributed by atoms with Gasteiger partial charge in [0.2, 0.25) is 0 Å². The fourth-order valence-corrected chi connectivity index (χ4v) is 4.32. The molecule has 2 saturated heterocycles. The summed E-state index contributed by atoms with van der Waals surface area (Å²) in [6.07, 6.45) is 1.36. The summed E-state index contributed by atoms with van der Waals surface area (Å²) in [5.74, 6) is 2.78. The van der Waals surface area contributed by atoms with Gasteiger partial charge in [-0.25, -0.2) is 0 Å². The Morgan fingerprint density at radius 3 is 2.40 bits per heavy atom. The van der Waals surface area contributed by atoms with E-state index in [1.807, 2.05) is 12.1 Å². The first-order valence-corrected chi connectivity index (χ1v) is 8.57. The van der Waals surface area contributed by atoms with Crippen LogP contribution in [0.1, 0.15) is 23.7 Å². The minimum atomic E-state index is 0.139. The summed E-state index contributed by atoms with van der Waals surface area (Å²) >= 11 is 2.09. The summed E-state index contributed by atoms with van der Waals surface area (Å²) in [5.41, 5.74) is 2.05. The molecule has 2 aliphatic heterocycles. The van der Waals surface area contributed by atoms with Crippen molar-refractivity contribution in [1.82, 2.24) is 4.90 Å². The van der Waals surface area contributed by atoms with Gasteiger partial charge in [0.15, 0.2) is 5.78 Å². The third kappa shape index (κ3) is 3.01. The Morgan fingerprint density at radius 2 is 1.85 bits per heavy atom. The zero-order chi connectivity index (χ0) is 13.9. The van der Waals surface area contributed by atoms with Crippen LogP contribution in [0.5, 0.6) is 0 Å². The number of benzene rings is 1. The Bertz CT molecular complexity index is 460. The van der Waals surface area contributed by atoms with Gasteiger partial charge >= 0.3 is 0 Å². The SMILES string of the molecule is CC(=O)c1ccc(N2CCN([C@H]3CCSC3)CC2)cc1. The Kier molecular flexibility index (Phi) is 4.32. The lowest BCUT2D eigenvalue weighted by Gasteiger charge is -2.39. The molecule has 1 aromatic carbocycles. The van der Waals surface area contributed by atoms with Crippen LogP contribution in [-0.2, 0) is 0 Å². The first-order chi connectivity index (χ1) is 9.74. The number of hydrogen-bond donors (Lipinski definition) is 0. The van der Waals surface area contributed by atoms with Gasteiger partial charge < -0.3 is 4.90 Å². The first-order valence-electron chi connectivity index (χ1n) is 7.42. The van der Waals surface area contributed by atoms with Crippen LogP contribution < -0.4 is 4.90 Å². The second-order valence-corrected chi connectivity index (χ2v) is 6.79. The van der Waals surface area contributed by atoms with E-state index in [1.54, 1.807) is 6.92 Å². The summed E-state index contributed by atoms with van der Waals surface area (Å²) in [4.78, 5) is 16.4. The largest absolute Gasteiger partial charge is 0.369 e. The fourth-order valence-electron chi connectivity index (χ4n) is 3.06. The smallest absolute Gasteiger partial charge is 0.159 e.